The van der Waals surface area contributed by atoms with Crippen LogP contribution in [0.3, 0.4) is 0 Å². The third kappa shape index (κ3) is 1.76. The van der Waals surface area contributed by atoms with Gasteiger partial charge in [0.2, 0.25) is 0 Å². The molecule has 0 spiro atoms. The number of oxazole rings is 1. The monoisotopic (exact) mass is 225 g/mol. The lowest BCUT2D eigenvalue weighted by Crippen LogP contribution is -1.85. The maximum absolute atomic E-state index is 12.9. The fourth-order valence-electron chi connectivity index (χ4n) is 1.19. The number of nitrogens with zero attached hydrogens (tertiary/aromatic N) is 1. The Morgan fingerprint density at radius 3 is 2.93 bits per heavy atom. The molecule has 5 heteroatoms. The minimum absolute atomic E-state index is 0.0271. The summed E-state index contributed by atoms with van der Waals surface area (Å²) < 4.78 is 17.9. The van der Waals surface area contributed by atoms with Gasteiger partial charge >= 0.3 is 0 Å². The molecule has 0 atom stereocenters. The van der Waals surface area contributed by atoms with Crippen LogP contribution in [-0.4, -0.2) is 11.3 Å². The lowest BCUT2D eigenvalue weighted by atomic mass is 10.1. The minimum Gasteiger partial charge on any atom is -0.443 e. The van der Waals surface area contributed by atoms with Gasteiger partial charge in [0.15, 0.2) is 18.4 Å². The number of carbonyl (C=O) groups excluding carboxylic acids is 1. The molecule has 0 aliphatic heterocycles. The zero-order valence-electron chi connectivity index (χ0n) is 7.41. The van der Waals surface area contributed by atoms with Gasteiger partial charge in [0, 0.05) is 5.56 Å². The van der Waals surface area contributed by atoms with Crippen molar-refractivity contribution in [3.05, 3.63) is 41.1 Å². The standard InChI is InChI=1S/C10H5ClFNO2/c11-7-3-6(1-2-8(7)12)10-9(4-14)13-5-15-10/h1-5H. The van der Waals surface area contributed by atoms with Crippen LogP contribution in [0.2, 0.25) is 5.02 Å². The summed E-state index contributed by atoms with van der Waals surface area (Å²) >= 11 is 5.60. The Bertz CT molecular complexity index is 510. The van der Waals surface area contributed by atoms with Crippen molar-refractivity contribution in [2.24, 2.45) is 0 Å². The van der Waals surface area contributed by atoms with Gasteiger partial charge in [0.05, 0.1) is 5.02 Å². The SMILES string of the molecule is O=Cc1ncoc1-c1ccc(F)c(Cl)c1. The van der Waals surface area contributed by atoms with Crippen molar-refractivity contribution in [1.29, 1.82) is 0 Å². The fraction of sp³-hybridized carbons (Fsp3) is 0. The zero-order valence-corrected chi connectivity index (χ0v) is 8.16. The molecule has 2 rings (SSSR count). The largest absolute Gasteiger partial charge is 0.443 e. The summed E-state index contributed by atoms with van der Waals surface area (Å²) in [6, 6.07) is 4.05. The van der Waals surface area contributed by atoms with Crippen molar-refractivity contribution in [3.63, 3.8) is 0 Å². The average molecular weight is 226 g/mol. The van der Waals surface area contributed by atoms with Crippen molar-refractivity contribution < 1.29 is 13.6 Å². The number of benzene rings is 1. The van der Waals surface area contributed by atoms with Gasteiger partial charge in [-0.2, -0.15) is 0 Å². The first-order valence-corrected chi connectivity index (χ1v) is 4.44. The first-order valence-electron chi connectivity index (χ1n) is 4.06. The quantitative estimate of drug-likeness (QED) is 0.738. The number of aromatic nitrogens is 1. The van der Waals surface area contributed by atoms with E-state index in [4.69, 9.17) is 16.0 Å². The van der Waals surface area contributed by atoms with Crippen LogP contribution in [0, 0.1) is 5.82 Å². The van der Waals surface area contributed by atoms with Crippen molar-refractivity contribution in [2.75, 3.05) is 0 Å². The van der Waals surface area contributed by atoms with Crippen LogP contribution in [0.4, 0.5) is 4.39 Å². The van der Waals surface area contributed by atoms with E-state index in [1.54, 1.807) is 0 Å². The van der Waals surface area contributed by atoms with Crippen molar-refractivity contribution in [1.82, 2.24) is 4.98 Å². The van der Waals surface area contributed by atoms with Gasteiger partial charge in [-0.1, -0.05) is 11.6 Å². The third-order valence-corrected chi connectivity index (χ3v) is 2.18. The Balaban J connectivity index is 2.54. The molecule has 76 valence electrons. The highest BCUT2D eigenvalue weighted by molar-refractivity contribution is 6.31. The van der Waals surface area contributed by atoms with Crippen LogP contribution >= 0.6 is 11.6 Å². The smallest absolute Gasteiger partial charge is 0.182 e. The summed E-state index contributed by atoms with van der Waals surface area (Å²) in [6.07, 6.45) is 1.71. The molecule has 0 fully saturated rings. The van der Waals surface area contributed by atoms with E-state index < -0.39 is 5.82 Å². The van der Waals surface area contributed by atoms with E-state index in [9.17, 15) is 9.18 Å². The van der Waals surface area contributed by atoms with E-state index in [0.29, 0.717) is 11.8 Å². The Morgan fingerprint density at radius 2 is 2.27 bits per heavy atom. The third-order valence-electron chi connectivity index (χ3n) is 1.89. The molecule has 0 bridgehead atoms. The first kappa shape index (κ1) is 9.86. The molecule has 0 saturated carbocycles. The summed E-state index contributed by atoms with van der Waals surface area (Å²) in [6.45, 7) is 0. The van der Waals surface area contributed by atoms with Gasteiger partial charge in [0.25, 0.3) is 0 Å². The molecule has 0 unspecified atom stereocenters. The molecule has 0 saturated heterocycles. The van der Waals surface area contributed by atoms with Crippen LogP contribution in [0.25, 0.3) is 11.3 Å². The van der Waals surface area contributed by atoms with E-state index >= 15 is 0 Å². The Hall–Kier alpha value is -1.68. The summed E-state index contributed by atoms with van der Waals surface area (Å²) in [5.41, 5.74) is 0.679. The van der Waals surface area contributed by atoms with E-state index in [1.807, 2.05) is 0 Å². The predicted octanol–water partition coefficient (Wildman–Crippen LogP) is 2.95. The van der Waals surface area contributed by atoms with Crippen LogP contribution in [0.5, 0.6) is 0 Å². The lowest BCUT2D eigenvalue weighted by molar-refractivity contribution is 0.112. The molecule has 0 N–H and O–H groups in total. The fourth-order valence-corrected chi connectivity index (χ4v) is 1.37. The normalized spacial score (nSPS) is 10.3. The highest BCUT2D eigenvalue weighted by Crippen LogP contribution is 2.26. The molecule has 0 aliphatic carbocycles. The Morgan fingerprint density at radius 1 is 1.47 bits per heavy atom. The summed E-state index contributed by atoms with van der Waals surface area (Å²) in [4.78, 5) is 14.3. The van der Waals surface area contributed by atoms with E-state index in [0.717, 1.165) is 6.39 Å². The second kappa shape index (κ2) is 3.82. The van der Waals surface area contributed by atoms with Crippen LogP contribution in [-0.2, 0) is 0 Å². The second-order valence-corrected chi connectivity index (χ2v) is 3.22. The Kier molecular flexibility index (Phi) is 2.51. The van der Waals surface area contributed by atoms with Gasteiger partial charge in [-0.05, 0) is 18.2 Å². The van der Waals surface area contributed by atoms with Gasteiger partial charge in [-0.15, -0.1) is 0 Å². The number of carbonyl (C=O) groups is 1. The molecular formula is C10H5ClFNO2. The molecule has 3 nitrogen and oxygen atoms in total. The highest BCUT2D eigenvalue weighted by atomic mass is 35.5. The van der Waals surface area contributed by atoms with Crippen LogP contribution < -0.4 is 0 Å². The molecule has 0 amide bonds. The lowest BCUT2D eigenvalue weighted by Gasteiger charge is -1.98. The number of hydrogen-bond acceptors (Lipinski definition) is 3. The summed E-state index contributed by atoms with van der Waals surface area (Å²) in [5.74, 6) is -0.237. The van der Waals surface area contributed by atoms with Crippen LogP contribution in [0.1, 0.15) is 10.5 Å². The summed E-state index contributed by atoms with van der Waals surface area (Å²) in [7, 11) is 0. The molecule has 1 aromatic carbocycles. The summed E-state index contributed by atoms with van der Waals surface area (Å²) in [5, 5.41) is -0.0271. The molecule has 2 aromatic rings. The van der Waals surface area contributed by atoms with Crippen molar-refractivity contribution >= 4 is 17.9 Å². The number of aldehydes is 1. The number of rotatable bonds is 2. The Labute approximate surface area is 89.5 Å². The van der Waals surface area contributed by atoms with E-state index in [-0.39, 0.29) is 16.5 Å². The molecular weight excluding hydrogens is 221 g/mol. The van der Waals surface area contributed by atoms with Gasteiger partial charge in [-0.25, -0.2) is 9.37 Å². The van der Waals surface area contributed by atoms with Gasteiger partial charge < -0.3 is 4.42 Å². The van der Waals surface area contributed by atoms with Crippen molar-refractivity contribution in [3.8, 4) is 11.3 Å². The maximum atomic E-state index is 12.9. The number of hydrogen-bond donors (Lipinski definition) is 0. The molecule has 15 heavy (non-hydrogen) atoms. The molecule has 1 aromatic heterocycles. The van der Waals surface area contributed by atoms with Crippen molar-refractivity contribution in [2.45, 2.75) is 0 Å². The molecule has 0 aliphatic rings. The second-order valence-electron chi connectivity index (χ2n) is 2.81. The number of halogens is 2. The van der Waals surface area contributed by atoms with Gasteiger partial charge in [-0.3, -0.25) is 4.79 Å². The predicted molar refractivity (Wildman–Crippen MR) is 52.3 cm³/mol. The molecule has 1 heterocycles. The van der Waals surface area contributed by atoms with E-state index in [1.165, 1.54) is 18.2 Å². The minimum atomic E-state index is -0.521. The average Bonchev–Trinajstić information content (AvgIpc) is 2.70. The first-order chi connectivity index (χ1) is 7.22. The van der Waals surface area contributed by atoms with Gasteiger partial charge in [0.1, 0.15) is 11.5 Å². The molecule has 0 radical (unpaired) electrons. The maximum Gasteiger partial charge on any atom is 0.182 e. The highest BCUT2D eigenvalue weighted by Gasteiger charge is 2.11. The van der Waals surface area contributed by atoms with E-state index in [2.05, 4.69) is 4.98 Å². The topological polar surface area (TPSA) is 43.1 Å². The van der Waals surface area contributed by atoms with Crippen LogP contribution in [0.15, 0.2) is 29.0 Å². The zero-order chi connectivity index (χ0) is 10.8.